The van der Waals surface area contributed by atoms with Crippen LogP contribution < -0.4 is 0 Å². The van der Waals surface area contributed by atoms with Gasteiger partial charge >= 0.3 is 0 Å². The van der Waals surface area contributed by atoms with Crippen LogP contribution in [0.4, 0.5) is 0 Å². The Morgan fingerprint density at radius 2 is 2.07 bits per heavy atom. The van der Waals surface area contributed by atoms with Gasteiger partial charge in [-0.25, -0.2) is 0 Å². The van der Waals surface area contributed by atoms with Crippen molar-refractivity contribution < 1.29 is 8.35 Å². The van der Waals surface area contributed by atoms with E-state index in [0.29, 0.717) is 0 Å². The van der Waals surface area contributed by atoms with Gasteiger partial charge in [0.25, 0.3) is 11.0 Å². The number of hydrogen-bond donors (Lipinski definition) is 0. The van der Waals surface area contributed by atoms with Crippen LogP contribution in [0.1, 0.15) is 18.9 Å². The summed E-state index contributed by atoms with van der Waals surface area (Å²) in [5, 5.41) is 10.5. The molecule has 0 aliphatic heterocycles. The summed E-state index contributed by atoms with van der Waals surface area (Å²) in [7, 11) is -1.52. The molecule has 0 spiro atoms. The summed E-state index contributed by atoms with van der Waals surface area (Å²) >= 11 is 0. The SMILES string of the molecule is C=[N+]([O-])S(=O)C(C)CCc1ccccc1. The van der Waals surface area contributed by atoms with E-state index in [1.807, 2.05) is 30.3 Å². The first kappa shape index (κ1) is 11.9. The standard InChI is InChI=1S/C11H15NO2S/c1-10(15(14)12(2)13)8-9-11-6-4-3-5-7-11/h3-7,10H,2,8-9H2,1H3. The minimum absolute atomic E-state index is 0.153. The van der Waals surface area contributed by atoms with E-state index in [-0.39, 0.29) is 9.39 Å². The minimum atomic E-state index is -1.52. The molecule has 1 aromatic carbocycles. The van der Waals surface area contributed by atoms with E-state index in [0.717, 1.165) is 12.8 Å². The largest absolute Gasteiger partial charge is 0.610 e. The Hall–Kier alpha value is -1.16. The predicted octanol–water partition coefficient (Wildman–Crippen LogP) is 1.88. The van der Waals surface area contributed by atoms with E-state index >= 15 is 0 Å². The molecule has 2 unspecified atom stereocenters. The van der Waals surface area contributed by atoms with Crippen molar-refractivity contribution >= 4 is 17.7 Å². The Morgan fingerprint density at radius 1 is 1.47 bits per heavy atom. The van der Waals surface area contributed by atoms with Crippen LogP contribution in [0.3, 0.4) is 0 Å². The smallest absolute Gasteiger partial charge is 0.295 e. The molecule has 1 aromatic rings. The van der Waals surface area contributed by atoms with Crippen LogP contribution in [0.5, 0.6) is 0 Å². The van der Waals surface area contributed by atoms with Crippen molar-refractivity contribution in [1.29, 1.82) is 0 Å². The highest BCUT2D eigenvalue weighted by atomic mass is 32.2. The van der Waals surface area contributed by atoms with E-state index in [4.69, 9.17) is 0 Å². The molecule has 0 fully saturated rings. The quantitative estimate of drug-likeness (QED) is 0.332. The molecule has 0 bridgehead atoms. The summed E-state index contributed by atoms with van der Waals surface area (Å²) in [4.78, 5) is 0. The number of aryl methyl sites for hydroxylation is 1. The van der Waals surface area contributed by atoms with Gasteiger partial charge in [0.05, 0.1) is 5.25 Å². The van der Waals surface area contributed by atoms with Crippen molar-refractivity contribution in [2.24, 2.45) is 0 Å². The second kappa shape index (κ2) is 5.66. The molecule has 0 N–H and O–H groups in total. The Labute approximate surface area is 92.6 Å². The topological polar surface area (TPSA) is 43.1 Å². The summed E-state index contributed by atoms with van der Waals surface area (Å²) in [6.45, 7) is 4.89. The normalized spacial score (nSPS) is 14.5. The molecular weight excluding hydrogens is 210 g/mol. The zero-order chi connectivity index (χ0) is 11.3. The third kappa shape index (κ3) is 3.83. The second-order valence-electron chi connectivity index (χ2n) is 3.44. The van der Waals surface area contributed by atoms with Crippen LogP contribution in [0, 0.1) is 5.21 Å². The van der Waals surface area contributed by atoms with Crippen LogP contribution in [-0.2, 0) is 17.4 Å². The van der Waals surface area contributed by atoms with Crippen molar-refractivity contribution in [3.05, 3.63) is 41.1 Å². The Kier molecular flexibility index (Phi) is 4.49. The number of nitrogens with zero attached hydrogens (tertiary/aromatic N) is 1. The number of hydrogen-bond acceptors (Lipinski definition) is 2. The molecule has 0 aliphatic rings. The van der Waals surface area contributed by atoms with Gasteiger partial charge in [0.15, 0.2) is 6.72 Å². The van der Waals surface area contributed by atoms with Crippen LogP contribution in [0.15, 0.2) is 30.3 Å². The van der Waals surface area contributed by atoms with E-state index in [1.54, 1.807) is 6.92 Å². The summed E-state index contributed by atoms with van der Waals surface area (Å²) < 4.78 is 11.6. The molecule has 0 aliphatic carbocycles. The maximum absolute atomic E-state index is 11.3. The Bertz CT molecular complexity index is 351. The van der Waals surface area contributed by atoms with Gasteiger partial charge in [-0.15, -0.1) is 4.14 Å². The van der Waals surface area contributed by atoms with E-state index < -0.39 is 11.0 Å². The van der Waals surface area contributed by atoms with Crippen molar-refractivity contribution in [1.82, 2.24) is 0 Å². The average Bonchev–Trinajstić information content (AvgIpc) is 2.26. The van der Waals surface area contributed by atoms with Gasteiger partial charge < -0.3 is 5.21 Å². The molecule has 0 saturated carbocycles. The van der Waals surface area contributed by atoms with E-state index in [9.17, 15) is 9.42 Å². The van der Waals surface area contributed by atoms with Crippen molar-refractivity contribution in [2.75, 3.05) is 0 Å². The zero-order valence-corrected chi connectivity index (χ0v) is 9.57. The fourth-order valence-electron chi connectivity index (χ4n) is 1.32. The first-order valence-electron chi connectivity index (χ1n) is 4.83. The van der Waals surface area contributed by atoms with Crippen LogP contribution in [0.25, 0.3) is 0 Å². The van der Waals surface area contributed by atoms with Crippen molar-refractivity contribution in [3.8, 4) is 0 Å². The molecule has 0 heterocycles. The average molecular weight is 225 g/mol. The lowest BCUT2D eigenvalue weighted by Gasteiger charge is -2.08. The maximum atomic E-state index is 11.3. The van der Waals surface area contributed by atoms with Gasteiger partial charge in [-0.3, -0.25) is 0 Å². The fourth-order valence-corrected chi connectivity index (χ4v) is 2.04. The van der Waals surface area contributed by atoms with Gasteiger partial charge in [-0.05, 0) is 25.3 Å². The molecule has 82 valence electrons. The Morgan fingerprint density at radius 3 is 2.60 bits per heavy atom. The Balaban J connectivity index is 2.44. The third-order valence-corrected chi connectivity index (χ3v) is 3.55. The van der Waals surface area contributed by atoms with Gasteiger partial charge in [-0.2, -0.15) is 4.21 Å². The molecule has 4 heteroatoms. The van der Waals surface area contributed by atoms with Gasteiger partial charge in [0.1, 0.15) is 0 Å². The van der Waals surface area contributed by atoms with Crippen molar-refractivity contribution in [3.63, 3.8) is 0 Å². The van der Waals surface area contributed by atoms with Crippen LogP contribution >= 0.6 is 0 Å². The lowest BCUT2D eigenvalue weighted by atomic mass is 10.1. The van der Waals surface area contributed by atoms with Gasteiger partial charge in [0, 0.05) is 0 Å². The van der Waals surface area contributed by atoms with Crippen LogP contribution in [0.2, 0.25) is 0 Å². The zero-order valence-electron chi connectivity index (χ0n) is 8.76. The third-order valence-electron chi connectivity index (χ3n) is 2.23. The molecular formula is C11H15NO2S. The molecule has 0 aromatic heterocycles. The van der Waals surface area contributed by atoms with Gasteiger partial charge in [0.2, 0.25) is 0 Å². The van der Waals surface area contributed by atoms with E-state index in [1.165, 1.54) is 5.56 Å². The molecule has 2 atom stereocenters. The first-order valence-corrected chi connectivity index (χ1v) is 6.00. The molecule has 15 heavy (non-hydrogen) atoms. The summed E-state index contributed by atoms with van der Waals surface area (Å²) in [6.07, 6.45) is 1.56. The summed E-state index contributed by atoms with van der Waals surface area (Å²) in [6, 6.07) is 9.94. The first-order chi connectivity index (χ1) is 7.11. The minimum Gasteiger partial charge on any atom is -0.610 e. The molecule has 0 amide bonds. The number of benzene rings is 1. The summed E-state index contributed by atoms with van der Waals surface area (Å²) in [5.41, 5.74) is 1.20. The van der Waals surface area contributed by atoms with Gasteiger partial charge in [-0.1, -0.05) is 30.3 Å². The lowest BCUT2D eigenvalue weighted by Crippen LogP contribution is -2.19. The highest BCUT2D eigenvalue weighted by Gasteiger charge is 2.16. The molecule has 3 nitrogen and oxygen atoms in total. The summed E-state index contributed by atoms with van der Waals surface area (Å²) in [5.74, 6) is 0. The second-order valence-corrected chi connectivity index (χ2v) is 5.21. The van der Waals surface area contributed by atoms with Crippen LogP contribution in [-0.4, -0.2) is 20.3 Å². The fraction of sp³-hybridized carbons (Fsp3) is 0.364. The lowest BCUT2D eigenvalue weighted by molar-refractivity contribution is -0.259. The van der Waals surface area contributed by atoms with E-state index in [2.05, 4.69) is 6.72 Å². The predicted molar refractivity (Wildman–Crippen MR) is 63.1 cm³/mol. The molecule has 1 rings (SSSR count). The molecule has 0 saturated heterocycles. The van der Waals surface area contributed by atoms with Crippen molar-refractivity contribution in [2.45, 2.75) is 25.0 Å². The highest BCUT2D eigenvalue weighted by molar-refractivity contribution is 7.79. The highest BCUT2D eigenvalue weighted by Crippen LogP contribution is 2.08. The monoisotopic (exact) mass is 225 g/mol. The molecule has 0 radical (unpaired) electrons. The number of rotatable bonds is 5. The maximum Gasteiger partial charge on any atom is 0.295 e.